The van der Waals surface area contributed by atoms with E-state index in [9.17, 15) is 4.79 Å². The first-order chi connectivity index (χ1) is 12.7. The Kier molecular flexibility index (Phi) is 5.90. The van der Waals surface area contributed by atoms with E-state index in [0.717, 1.165) is 20.5 Å². The van der Waals surface area contributed by atoms with Crippen molar-refractivity contribution in [2.45, 2.75) is 6.54 Å². The number of rotatable bonds is 6. The molecule has 6 heteroatoms. The van der Waals surface area contributed by atoms with E-state index in [2.05, 4.69) is 5.32 Å². The molecular weight excluding hydrogens is 368 g/mol. The third-order valence-electron chi connectivity index (χ3n) is 3.61. The maximum atomic E-state index is 12.1. The van der Waals surface area contributed by atoms with Crippen molar-refractivity contribution in [3.8, 4) is 11.8 Å². The van der Waals surface area contributed by atoms with Gasteiger partial charge in [0.25, 0.3) is 0 Å². The number of hydrogen-bond acceptors (Lipinski definition) is 4. The van der Waals surface area contributed by atoms with Gasteiger partial charge in [-0.1, -0.05) is 41.9 Å². The summed E-state index contributed by atoms with van der Waals surface area (Å²) in [7, 11) is 0. The van der Waals surface area contributed by atoms with Crippen LogP contribution in [0.1, 0.15) is 10.4 Å². The molecular formula is C20H15ClN2O2S. The van der Waals surface area contributed by atoms with E-state index in [1.54, 1.807) is 29.5 Å². The number of thiophene rings is 1. The van der Waals surface area contributed by atoms with Gasteiger partial charge >= 0.3 is 0 Å². The zero-order chi connectivity index (χ0) is 18.4. The highest BCUT2D eigenvalue weighted by Gasteiger charge is 2.07. The average molecular weight is 383 g/mol. The van der Waals surface area contributed by atoms with Crippen molar-refractivity contribution >= 4 is 45.0 Å². The fourth-order valence-corrected chi connectivity index (χ4v) is 3.80. The van der Waals surface area contributed by atoms with E-state index in [0.29, 0.717) is 17.3 Å². The summed E-state index contributed by atoms with van der Waals surface area (Å²) in [6, 6.07) is 17.1. The number of nitriles is 1. The van der Waals surface area contributed by atoms with Crippen LogP contribution in [0, 0.1) is 11.3 Å². The average Bonchev–Trinajstić information content (AvgIpc) is 2.99. The molecule has 1 N–H and O–H groups in total. The molecule has 3 rings (SSSR count). The highest BCUT2D eigenvalue weighted by molar-refractivity contribution is 7.20. The molecule has 0 spiro atoms. The molecule has 26 heavy (non-hydrogen) atoms. The molecule has 1 aromatic heterocycles. The molecule has 0 radical (unpaired) electrons. The van der Waals surface area contributed by atoms with Crippen LogP contribution in [-0.2, 0) is 11.3 Å². The summed E-state index contributed by atoms with van der Waals surface area (Å²) in [6.45, 7) is 0.363. The van der Waals surface area contributed by atoms with Gasteiger partial charge < -0.3 is 10.1 Å². The van der Waals surface area contributed by atoms with Crippen molar-refractivity contribution in [3.05, 3.63) is 70.1 Å². The quantitative estimate of drug-likeness (QED) is 0.623. The first-order valence-electron chi connectivity index (χ1n) is 7.89. The van der Waals surface area contributed by atoms with Crippen molar-refractivity contribution in [1.29, 1.82) is 5.26 Å². The van der Waals surface area contributed by atoms with Crippen LogP contribution in [0.2, 0.25) is 5.02 Å². The molecule has 0 atom stereocenters. The standard InChI is InChI=1S/C20H15ClN2O2S/c21-20-16-6-1-2-7-17(16)26-18(20)8-9-19(24)23-13-14-4-3-5-15(12-14)25-11-10-22/h1-9,12H,11,13H2,(H,23,24)/b9-8+. The smallest absolute Gasteiger partial charge is 0.244 e. The maximum absolute atomic E-state index is 12.1. The number of nitrogens with zero attached hydrogens (tertiary/aromatic N) is 1. The van der Waals surface area contributed by atoms with Crippen molar-refractivity contribution < 1.29 is 9.53 Å². The van der Waals surface area contributed by atoms with Gasteiger partial charge in [0.1, 0.15) is 11.8 Å². The third-order valence-corrected chi connectivity index (χ3v) is 5.27. The molecule has 1 amide bonds. The number of ether oxygens (including phenoxy) is 1. The lowest BCUT2D eigenvalue weighted by molar-refractivity contribution is -0.116. The fraction of sp³-hybridized carbons (Fsp3) is 0.100. The highest BCUT2D eigenvalue weighted by Crippen LogP contribution is 2.35. The Morgan fingerprint density at radius 3 is 2.92 bits per heavy atom. The second-order valence-corrected chi connectivity index (χ2v) is 6.88. The molecule has 0 unspecified atom stereocenters. The van der Waals surface area contributed by atoms with Crippen LogP contribution in [-0.4, -0.2) is 12.5 Å². The molecule has 0 bridgehead atoms. The van der Waals surface area contributed by atoms with Gasteiger partial charge in [-0.3, -0.25) is 4.79 Å². The zero-order valence-electron chi connectivity index (χ0n) is 13.7. The molecule has 3 aromatic rings. The summed E-state index contributed by atoms with van der Waals surface area (Å²) in [5, 5.41) is 13.0. The van der Waals surface area contributed by atoms with Crippen LogP contribution in [0.3, 0.4) is 0 Å². The summed E-state index contributed by atoms with van der Waals surface area (Å²) in [5.74, 6) is 0.396. The molecule has 1 heterocycles. The number of carbonyl (C=O) groups excluding carboxylic acids is 1. The van der Waals surface area contributed by atoms with Crippen LogP contribution >= 0.6 is 22.9 Å². The van der Waals surface area contributed by atoms with Crippen LogP contribution in [0.4, 0.5) is 0 Å². The molecule has 130 valence electrons. The van der Waals surface area contributed by atoms with Gasteiger partial charge in [-0.05, 0) is 29.8 Å². The first-order valence-corrected chi connectivity index (χ1v) is 9.08. The minimum Gasteiger partial charge on any atom is -0.479 e. The number of hydrogen-bond donors (Lipinski definition) is 1. The van der Waals surface area contributed by atoms with Crippen LogP contribution in [0.5, 0.6) is 5.75 Å². The number of amides is 1. The predicted octanol–water partition coefficient (Wildman–Crippen LogP) is 4.79. The summed E-state index contributed by atoms with van der Waals surface area (Å²) < 4.78 is 6.34. The van der Waals surface area contributed by atoms with Crippen molar-refractivity contribution in [3.63, 3.8) is 0 Å². The topological polar surface area (TPSA) is 62.1 Å². The summed E-state index contributed by atoms with van der Waals surface area (Å²) in [6.07, 6.45) is 3.21. The second-order valence-electron chi connectivity index (χ2n) is 5.42. The molecule has 0 aliphatic heterocycles. The molecule has 0 aliphatic rings. The Morgan fingerprint density at radius 1 is 1.27 bits per heavy atom. The van der Waals surface area contributed by atoms with Gasteiger partial charge in [0.05, 0.1) is 5.02 Å². The van der Waals surface area contributed by atoms with E-state index in [1.165, 1.54) is 6.08 Å². The Hall–Kier alpha value is -2.81. The van der Waals surface area contributed by atoms with Crippen LogP contribution < -0.4 is 10.1 Å². The van der Waals surface area contributed by atoms with E-state index < -0.39 is 0 Å². The Balaban J connectivity index is 1.61. The van der Waals surface area contributed by atoms with Crippen LogP contribution in [0.25, 0.3) is 16.2 Å². The first kappa shape index (κ1) is 18.0. The Bertz CT molecular complexity index is 1000. The molecule has 2 aromatic carbocycles. The highest BCUT2D eigenvalue weighted by atomic mass is 35.5. The lowest BCUT2D eigenvalue weighted by Crippen LogP contribution is -2.20. The third kappa shape index (κ3) is 4.42. The molecule has 0 saturated carbocycles. The van der Waals surface area contributed by atoms with Crippen LogP contribution in [0.15, 0.2) is 54.6 Å². The van der Waals surface area contributed by atoms with Gasteiger partial charge in [0.2, 0.25) is 5.91 Å². The maximum Gasteiger partial charge on any atom is 0.244 e. The molecule has 4 nitrogen and oxygen atoms in total. The lowest BCUT2D eigenvalue weighted by Gasteiger charge is -2.06. The minimum atomic E-state index is -0.207. The lowest BCUT2D eigenvalue weighted by atomic mass is 10.2. The Morgan fingerprint density at radius 2 is 2.12 bits per heavy atom. The van der Waals surface area contributed by atoms with Crippen molar-refractivity contribution in [2.24, 2.45) is 0 Å². The number of nitrogens with one attached hydrogen (secondary N) is 1. The predicted molar refractivity (Wildman–Crippen MR) is 105 cm³/mol. The monoisotopic (exact) mass is 382 g/mol. The van der Waals surface area contributed by atoms with Gasteiger partial charge in [0.15, 0.2) is 6.61 Å². The fourth-order valence-electron chi connectivity index (χ4n) is 2.40. The molecule has 0 aliphatic carbocycles. The largest absolute Gasteiger partial charge is 0.479 e. The van der Waals surface area contributed by atoms with E-state index in [-0.39, 0.29) is 12.5 Å². The summed E-state index contributed by atoms with van der Waals surface area (Å²) in [5.41, 5.74) is 0.891. The molecule has 0 saturated heterocycles. The number of benzene rings is 2. The summed E-state index contributed by atoms with van der Waals surface area (Å²) >= 11 is 7.91. The van der Waals surface area contributed by atoms with Gasteiger partial charge in [-0.2, -0.15) is 5.26 Å². The van der Waals surface area contributed by atoms with Gasteiger partial charge in [-0.25, -0.2) is 0 Å². The van der Waals surface area contributed by atoms with E-state index in [1.807, 2.05) is 42.5 Å². The van der Waals surface area contributed by atoms with E-state index >= 15 is 0 Å². The van der Waals surface area contributed by atoms with Crippen molar-refractivity contribution in [2.75, 3.05) is 6.61 Å². The number of fused-ring (bicyclic) bond motifs is 1. The summed E-state index contributed by atoms with van der Waals surface area (Å²) in [4.78, 5) is 12.9. The Labute approximate surface area is 160 Å². The van der Waals surface area contributed by atoms with E-state index in [4.69, 9.17) is 21.6 Å². The SMILES string of the molecule is N#CCOc1cccc(CNC(=O)/C=C/c2sc3ccccc3c2Cl)c1. The molecule has 0 fully saturated rings. The second kappa shape index (κ2) is 8.52. The normalized spacial score (nSPS) is 10.8. The van der Waals surface area contributed by atoms with Gasteiger partial charge in [-0.15, -0.1) is 11.3 Å². The number of halogens is 1. The number of carbonyl (C=O) groups is 1. The van der Waals surface area contributed by atoms with Gasteiger partial charge in [0, 0.05) is 27.6 Å². The zero-order valence-corrected chi connectivity index (χ0v) is 15.3. The minimum absolute atomic E-state index is 0.00548. The van der Waals surface area contributed by atoms with Crippen molar-refractivity contribution in [1.82, 2.24) is 5.32 Å².